The Kier molecular flexibility index (Phi) is 3.19. The van der Waals surface area contributed by atoms with Gasteiger partial charge < -0.3 is 5.32 Å². The zero-order chi connectivity index (χ0) is 13.2. The zero-order valence-corrected chi connectivity index (χ0v) is 11.4. The maximum absolute atomic E-state index is 12.4. The summed E-state index contributed by atoms with van der Waals surface area (Å²) >= 11 is 1.49. The first-order valence-electron chi connectivity index (χ1n) is 6.14. The van der Waals surface area contributed by atoms with Crippen molar-refractivity contribution in [3.05, 3.63) is 64.4 Å². The fourth-order valence-electron chi connectivity index (χ4n) is 2.14. The van der Waals surface area contributed by atoms with Gasteiger partial charge >= 0.3 is 0 Å². The van der Waals surface area contributed by atoms with Gasteiger partial charge in [-0.25, -0.2) is 3.96 Å². The van der Waals surface area contributed by atoms with E-state index < -0.39 is 0 Å². The van der Waals surface area contributed by atoms with E-state index in [0.29, 0.717) is 0 Å². The van der Waals surface area contributed by atoms with Gasteiger partial charge in [0.2, 0.25) is 0 Å². The van der Waals surface area contributed by atoms with Crippen LogP contribution in [0.4, 0.5) is 0 Å². The molecule has 0 spiro atoms. The highest BCUT2D eigenvalue weighted by Gasteiger charge is 2.08. The fraction of sp³-hybridized carbons (Fsp3) is 0.133. The Bertz CT molecular complexity index is 773. The molecule has 0 aliphatic heterocycles. The Labute approximate surface area is 115 Å². The maximum Gasteiger partial charge on any atom is 0.273 e. The number of nitrogens with one attached hydrogen (secondary N) is 1. The molecule has 4 heteroatoms. The number of rotatable bonds is 3. The average molecular weight is 270 g/mol. The summed E-state index contributed by atoms with van der Waals surface area (Å²) in [5.74, 6) is 0. The number of aromatic nitrogens is 1. The van der Waals surface area contributed by atoms with Gasteiger partial charge in [0.25, 0.3) is 5.56 Å². The predicted octanol–water partition coefficient (Wildman–Crippen LogP) is 2.77. The molecule has 0 atom stereocenters. The van der Waals surface area contributed by atoms with Crippen molar-refractivity contribution in [2.24, 2.45) is 0 Å². The van der Waals surface area contributed by atoms with Gasteiger partial charge in [0.1, 0.15) is 0 Å². The monoisotopic (exact) mass is 270 g/mol. The lowest BCUT2D eigenvalue weighted by molar-refractivity contribution is 0.817. The van der Waals surface area contributed by atoms with Crippen LogP contribution >= 0.6 is 11.5 Å². The number of hydrogen-bond donors (Lipinski definition) is 1. The molecule has 3 rings (SSSR count). The van der Waals surface area contributed by atoms with Crippen molar-refractivity contribution in [1.29, 1.82) is 0 Å². The Balaban J connectivity index is 2.16. The van der Waals surface area contributed by atoms with E-state index in [9.17, 15) is 4.79 Å². The molecule has 0 amide bonds. The van der Waals surface area contributed by atoms with Gasteiger partial charge in [-0.3, -0.25) is 4.79 Å². The van der Waals surface area contributed by atoms with Crippen molar-refractivity contribution in [2.75, 3.05) is 7.05 Å². The van der Waals surface area contributed by atoms with Gasteiger partial charge in [0.15, 0.2) is 0 Å². The van der Waals surface area contributed by atoms with E-state index in [1.807, 2.05) is 49.5 Å². The normalized spacial score (nSPS) is 11.0. The van der Waals surface area contributed by atoms with E-state index in [-0.39, 0.29) is 5.56 Å². The van der Waals surface area contributed by atoms with Crippen molar-refractivity contribution in [3.8, 4) is 5.69 Å². The lowest BCUT2D eigenvalue weighted by Crippen LogP contribution is -2.11. The van der Waals surface area contributed by atoms with E-state index >= 15 is 0 Å². The summed E-state index contributed by atoms with van der Waals surface area (Å²) in [5, 5.41) is 3.90. The Morgan fingerprint density at radius 2 is 2.00 bits per heavy atom. The molecule has 0 unspecified atom stereocenters. The van der Waals surface area contributed by atoms with Crippen molar-refractivity contribution in [1.82, 2.24) is 9.27 Å². The molecule has 3 nitrogen and oxygen atoms in total. The molecule has 96 valence electrons. The Morgan fingerprint density at radius 3 is 2.79 bits per heavy atom. The quantitative estimate of drug-likeness (QED) is 0.794. The van der Waals surface area contributed by atoms with Crippen LogP contribution in [0.25, 0.3) is 15.8 Å². The van der Waals surface area contributed by atoms with E-state index in [1.165, 1.54) is 17.1 Å². The van der Waals surface area contributed by atoms with E-state index in [0.717, 1.165) is 22.3 Å². The summed E-state index contributed by atoms with van der Waals surface area (Å²) in [5.41, 5.74) is 2.16. The molecule has 1 heterocycles. The average Bonchev–Trinajstić information content (AvgIpc) is 2.78. The van der Waals surface area contributed by atoms with Gasteiger partial charge in [-0.05, 0) is 36.9 Å². The van der Waals surface area contributed by atoms with Gasteiger partial charge in [-0.15, -0.1) is 0 Å². The van der Waals surface area contributed by atoms with Crippen molar-refractivity contribution < 1.29 is 0 Å². The molecule has 0 bridgehead atoms. The van der Waals surface area contributed by atoms with Gasteiger partial charge in [-0.1, -0.05) is 35.8 Å². The van der Waals surface area contributed by atoms with Crippen LogP contribution in [-0.4, -0.2) is 11.0 Å². The lowest BCUT2D eigenvalue weighted by Gasteiger charge is -2.04. The Morgan fingerprint density at radius 1 is 1.16 bits per heavy atom. The first-order chi connectivity index (χ1) is 9.29. The smallest absolute Gasteiger partial charge is 0.273 e. The molecule has 1 N–H and O–H groups in total. The number of benzene rings is 2. The van der Waals surface area contributed by atoms with Crippen LogP contribution in [-0.2, 0) is 6.54 Å². The minimum Gasteiger partial charge on any atom is -0.316 e. The zero-order valence-electron chi connectivity index (χ0n) is 10.6. The van der Waals surface area contributed by atoms with Crippen molar-refractivity contribution in [2.45, 2.75) is 6.54 Å². The largest absolute Gasteiger partial charge is 0.316 e. The summed E-state index contributed by atoms with van der Waals surface area (Å²) in [6, 6.07) is 15.8. The summed E-state index contributed by atoms with van der Waals surface area (Å²) in [4.78, 5) is 12.4. The van der Waals surface area contributed by atoms with Gasteiger partial charge in [0.05, 0.1) is 15.8 Å². The number of nitrogens with zero attached hydrogens (tertiary/aromatic N) is 1. The van der Waals surface area contributed by atoms with Crippen LogP contribution in [0.2, 0.25) is 0 Å². The van der Waals surface area contributed by atoms with Crippen LogP contribution in [0.1, 0.15) is 5.56 Å². The van der Waals surface area contributed by atoms with E-state index in [2.05, 4.69) is 11.4 Å². The molecule has 0 aliphatic carbocycles. The topological polar surface area (TPSA) is 34.0 Å². The lowest BCUT2D eigenvalue weighted by atomic mass is 10.2. The van der Waals surface area contributed by atoms with Gasteiger partial charge in [0, 0.05) is 6.54 Å². The highest BCUT2D eigenvalue weighted by Crippen LogP contribution is 2.20. The first-order valence-corrected chi connectivity index (χ1v) is 6.92. The molecule has 2 aromatic carbocycles. The first kappa shape index (κ1) is 12.1. The van der Waals surface area contributed by atoms with Crippen LogP contribution in [0.15, 0.2) is 53.3 Å². The van der Waals surface area contributed by atoms with Gasteiger partial charge in [-0.2, -0.15) is 0 Å². The standard InChI is InChI=1S/C15H14N2OS/c1-16-10-11-5-4-6-12(9-11)17-15(18)13-7-2-3-8-14(13)19-17/h2-9,16H,10H2,1H3. The minimum atomic E-state index is 0.0576. The van der Waals surface area contributed by atoms with Crippen LogP contribution in [0.5, 0.6) is 0 Å². The molecule has 0 aliphatic rings. The van der Waals surface area contributed by atoms with Crippen molar-refractivity contribution in [3.63, 3.8) is 0 Å². The highest BCUT2D eigenvalue weighted by molar-refractivity contribution is 7.14. The number of fused-ring (bicyclic) bond motifs is 1. The second-order valence-corrected chi connectivity index (χ2v) is 5.37. The summed E-state index contributed by atoms with van der Waals surface area (Å²) < 4.78 is 2.77. The van der Waals surface area contributed by atoms with E-state index in [4.69, 9.17) is 0 Å². The minimum absolute atomic E-state index is 0.0576. The molecular formula is C15H14N2OS. The number of hydrogen-bond acceptors (Lipinski definition) is 3. The second-order valence-electron chi connectivity index (χ2n) is 4.39. The summed E-state index contributed by atoms with van der Waals surface area (Å²) in [6.45, 7) is 0.799. The predicted molar refractivity (Wildman–Crippen MR) is 80.2 cm³/mol. The molecule has 0 saturated heterocycles. The van der Waals surface area contributed by atoms with Crippen LogP contribution in [0.3, 0.4) is 0 Å². The molecular weight excluding hydrogens is 256 g/mol. The SMILES string of the molecule is CNCc1cccc(-n2sc3ccccc3c2=O)c1. The molecule has 0 saturated carbocycles. The third-order valence-corrected chi connectivity index (χ3v) is 4.13. The summed E-state index contributed by atoms with van der Waals surface area (Å²) in [6.07, 6.45) is 0. The van der Waals surface area contributed by atoms with Crippen LogP contribution in [0, 0.1) is 0 Å². The maximum atomic E-state index is 12.4. The third kappa shape index (κ3) is 2.20. The van der Waals surface area contributed by atoms with Crippen molar-refractivity contribution >= 4 is 21.6 Å². The molecule has 1 aromatic heterocycles. The Hall–Kier alpha value is -1.91. The summed E-state index contributed by atoms with van der Waals surface area (Å²) in [7, 11) is 1.91. The fourth-order valence-corrected chi connectivity index (χ4v) is 3.13. The molecule has 19 heavy (non-hydrogen) atoms. The third-order valence-electron chi connectivity index (χ3n) is 3.02. The molecule has 0 radical (unpaired) electrons. The highest BCUT2D eigenvalue weighted by atomic mass is 32.1. The molecule has 0 fully saturated rings. The van der Waals surface area contributed by atoms with E-state index in [1.54, 1.807) is 3.96 Å². The van der Waals surface area contributed by atoms with Crippen LogP contribution < -0.4 is 10.9 Å². The molecule has 3 aromatic rings. The second kappa shape index (κ2) is 4.99.